The van der Waals surface area contributed by atoms with E-state index in [4.69, 9.17) is 4.42 Å². The summed E-state index contributed by atoms with van der Waals surface area (Å²) in [6, 6.07) is 9.38. The minimum absolute atomic E-state index is 0.185. The van der Waals surface area contributed by atoms with Crippen LogP contribution in [0, 0.1) is 6.92 Å². The van der Waals surface area contributed by atoms with Crippen molar-refractivity contribution < 1.29 is 9.21 Å². The SMILES string of the molecule is Cc1ccc(=O)n(CC(=O)NCCn2nc(-c3ccco3)ccc2=O)n1. The number of carbonyl (C=O) groups is 1. The zero-order chi connectivity index (χ0) is 18.5. The van der Waals surface area contributed by atoms with E-state index in [2.05, 4.69) is 15.5 Å². The zero-order valence-electron chi connectivity index (χ0n) is 14.1. The van der Waals surface area contributed by atoms with Gasteiger partial charge in [0.15, 0.2) is 5.76 Å². The maximum absolute atomic E-state index is 12.0. The van der Waals surface area contributed by atoms with Crippen LogP contribution < -0.4 is 16.4 Å². The first-order chi connectivity index (χ1) is 12.5. The summed E-state index contributed by atoms with van der Waals surface area (Å²) in [5.41, 5.74) is 0.528. The Morgan fingerprint density at radius 3 is 2.62 bits per heavy atom. The van der Waals surface area contributed by atoms with Gasteiger partial charge in [-0.05, 0) is 31.2 Å². The third-order valence-electron chi connectivity index (χ3n) is 3.58. The first-order valence-electron chi connectivity index (χ1n) is 7.96. The van der Waals surface area contributed by atoms with Gasteiger partial charge in [0.2, 0.25) is 5.91 Å². The van der Waals surface area contributed by atoms with E-state index in [1.54, 1.807) is 31.2 Å². The maximum Gasteiger partial charge on any atom is 0.267 e. The molecule has 0 aliphatic rings. The van der Waals surface area contributed by atoms with E-state index in [0.717, 1.165) is 4.68 Å². The average molecular weight is 355 g/mol. The van der Waals surface area contributed by atoms with Crippen LogP contribution in [0.2, 0.25) is 0 Å². The molecule has 9 heteroatoms. The Bertz CT molecular complexity index is 1020. The molecule has 0 aliphatic carbocycles. The molecule has 3 rings (SSSR count). The molecule has 0 bridgehead atoms. The fourth-order valence-electron chi connectivity index (χ4n) is 2.32. The first kappa shape index (κ1) is 17.3. The second-order valence-electron chi connectivity index (χ2n) is 5.58. The van der Waals surface area contributed by atoms with Gasteiger partial charge in [-0.2, -0.15) is 10.2 Å². The predicted molar refractivity (Wildman–Crippen MR) is 92.4 cm³/mol. The molecule has 0 aliphatic heterocycles. The van der Waals surface area contributed by atoms with Crippen LogP contribution in [0.3, 0.4) is 0 Å². The summed E-state index contributed by atoms with van der Waals surface area (Å²) < 4.78 is 7.59. The van der Waals surface area contributed by atoms with Crippen LogP contribution in [-0.4, -0.2) is 32.0 Å². The van der Waals surface area contributed by atoms with Crippen LogP contribution in [-0.2, 0) is 17.9 Å². The van der Waals surface area contributed by atoms with Gasteiger partial charge in [0.05, 0.1) is 18.5 Å². The van der Waals surface area contributed by atoms with Crippen LogP contribution in [0.1, 0.15) is 5.69 Å². The van der Waals surface area contributed by atoms with Gasteiger partial charge < -0.3 is 9.73 Å². The van der Waals surface area contributed by atoms with Crippen molar-refractivity contribution >= 4 is 5.91 Å². The third kappa shape index (κ3) is 4.12. The van der Waals surface area contributed by atoms with Crippen molar-refractivity contribution in [3.8, 4) is 11.5 Å². The molecule has 0 aromatic carbocycles. The van der Waals surface area contributed by atoms with Crippen LogP contribution in [0.4, 0.5) is 0 Å². The van der Waals surface area contributed by atoms with E-state index >= 15 is 0 Å². The van der Waals surface area contributed by atoms with E-state index in [9.17, 15) is 14.4 Å². The van der Waals surface area contributed by atoms with Gasteiger partial charge >= 0.3 is 0 Å². The number of nitrogens with zero attached hydrogens (tertiary/aromatic N) is 4. The van der Waals surface area contributed by atoms with Gasteiger partial charge in [0, 0.05) is 18.7 Å². The van der Waals surface area contributed by atoms with E-state index in [1.165, 1.54) is 23.1 Å². The van der Waals surface area contributed by atoms with Crippen molar-refractivity contribution in [2.45, 2.75) is 20.0 Å². The predicted octanol–water partition coefficient (Wildman–Crippen LogP) is 0.185. The Balaban J connectivity index is 1.60. The molecule has 3 heterocycles. The first-order valence-corrected chi connectivity index (χ1v) is 7.96. The van der Waals surface area contributed by atoms with Crippen LogP contribution in [0.15, 0.2) is 56.7 Å². The summed E-state index contributed by atoms with van der Waals surface area (Å²) in [6.45, 7) is 1.93. The summed E-state index contributed by atoms with van der Waals surface area (Å²) in [7, 11) is 0. The van der Waals surface area contributed by atoms with Crippen molar-refractivity contribution in [3.63, 3.8) is 0 Å². The number of hydrogen-bond acceptors (Lipinski definition) is 6. The molecule has 26 heavy (non-hydrogen) atoms. The fourth-order valence-corrected chi connectivity index (χ4v) is 2.32. The highest BCUT2D eigenvalue weighted by Crippen LogP contribution is 2.14. The lowest BCUT2D eigenvalue weighted by Gasteiger charge is -2.08. The molecular weight excluding hydrogens is 338 g/mol. The Morgan fingerprint density at radius 1 is 1.08 bits per heavy atom. The molecule has 0 unspecified atom stereocenters. The van der Waals surface area contributed by atoms with Crippen LogP contribution in [0.5, 0.6) is 0 Å². The lowest BCUT2D eigenvalue weighted by molar-refractivity contribution is -0.121. The molecule has 0 spiro atoms. The second-order valence-corrected chi connectivity index (χ2v) is 5.58. The van der Waals surface area contributed by atoms with Gasteiger partial charge in [-0.15, -0.1) is 0 Å². The average Bonchev–Trinajstić information content (AvgIpc) is 3.14. The number of nitrogens with one attached hydrogen (secondary N) is 1. The van der Waals surface area contributed by atoms with Crippen molar-refractivity contribution in [2.75, 3.05) is 6.54 Å². The second kappa shape index (κ2) is 7.60. The summed E-state index contributed by atoms with van der Waals surface area (Å²) in [6.07, 6.45) is 1.52. The van der Waals surface area contributed by atoms with E-state index in [-0.39, 0.29) is 36.7 Å². The number of aromatic nitrogens is 4. The normalized spacial score (nSPS) is 10.7. The molecule has 3 aromatic rings. The van der Waals surface area contributed by atoms with Crippen molar-refractivity contribution in [3.05, 3.63) is 69.1 Å². The van der Waals surface area contributed by atoms with E-state index in [0.29, 0.717) is 17.1 Å². The van der Waals surface area contributed by atoms with Gasteiger partial charge in [-0.3, -0.25) is 14.4 Å². The molecule has 3 aromatic heterocycles. The number of furan rings is 1. The van der Waals surface area contributed by atoms with Crippen molar-refractivity contribution in [1.82, 2.24) is 24.9 Å². The fraction of sp³-hybridized carbons (Fsp3) is 0.235. The highest BCUT2D eigenvalue weighted by Gasteiger charge is 2.08. The quantitative estimate of drug-likeness (QED) is 0.675. The molecule has 0 saturated heterocycles. The van der Waals surface area contributed by atoms with Gasteiger partial charge in [-0.25, -0.2) is 9.36 Å². The monoisotopic (exact) mass is 355 g/mol. The minimum atomic E-state index is -0.375. The third-order valence-corrected chi connectivity index (χ3v) is 3.58. The molecule has 0 radical (unpaired) electrons. The Labute approximate surface area is 147 Å². The van der Waals surface area contributed by atoms with Crippen molar-refractivity contribution in [1.29, 1.82) is 0 Å². The number of carbonyl (C=O) groups excluding carboxylic acids is 1. The van der Waals surface area contributed by atoms with E-state index < -0.39 is 0 Å². The molecule has 0 saturated carbocycles. The topological polar surface area (TPSA) is 112 Å². The standard InChI is InChI=1S/C17H17N5O4/c1-12-4-6-17(25)22(19-12)11-15(23)18-8-9-21-16(24)7-5-13(20-21)14-3-2-10-26-14/h2-7,10H,8-9,11H2,1H3,(H,18,23). The highest BCUT2D eigenvalue weighted by molar-refractivity contribution is 5.75. The van der Waals surface area contributed by atoms with Gasteiger partial charge in [-0.1, -0.05) is 0 Å². The lowest BCUT2D eigenvalue weighted by atomic mass is 10.3. The number of hydrogen-bond donors (Lipinski definition) is 1. The summed E-state index contributed by atoms with van der Waals surface area (Å²) in [5, 5.41) is 10.9. The molecule has 1 N–H and O–H groups in total. The molecule has 0 fully saturated rings. The van der Waals surface area contributed by atoms with Crippen molar-refractivity contribution in [2.24, 2.45) is 0 Å². The molecule has 1 amide bonds. The number of aryl methyl sites for hydroxylation is 1. The molecule has 0 atom stereocenters. The summed E-state index contributed by atoms with van der Waals surface area (Å²) >= 11 is 0. The molecule has 9 nitrogen and oxygen atoms in total. The largest absolute Gasteiger partial charge is 0.463 e. The Morgan fingerprint density at radius 2 is 1.85 bits per heavy atom. The maximum atomic E-state index is 12.0. The smallest absolute Gasteiger partial charge is 0.267 e. The molecule has 134 valence electrons. The lowest BCUT2D eigenvalue weighted by Crippen LogP contribution is -2.36. The summed E-state index contributed by atoms with van der Waals surface area (Å²) in [4.78, 5) is 35.5. The van der Waals surface area contributed by atoms with E-state index in [1.807, 2.05) is 0 Å². The van der Waals surface area contributed by atoms with Gasteiger partial charge in [0.25, 0.3) is 11.1 Å². The van der Waals surface area contributed by atoms with Gasteiger partial charge in [0.1, 0.15) is 12.2 Å². The number of rotatable bonds is 6. The highest BCUT2D eigenvalue weighted by atomic mass is 16.3. The zero-order valence-corrected chi connectivity index (χ0v) is 14.1. The minimum Gasteiger partial charge on any atom is -0.463 e. The Kier molecular flexibility index (Phi) is 5.07. The summed E-state index contributed by atoms with van der Waals surface area (Å²) in [5.74, 6) is 0.174. The Hall–Kier alpha value is -3.49. The molecular formula is C17H17N5O4. The van der Waals surface area contributed by atoms with Crippen LogP contribution >= 0.6 is 0 Å². The van der Waals surface area contributed by atoms with Crippen LogP contribution in [0.25, 0.3) is 11.5 Å². The number of amides is 1.